The Morgan fingerprint density at radius 3 is 2.50 bits per heavy atom. The van der Waals surface area contributed by atoms with E-state index in [0.717, 1.165) is 31.2 Å². The van der Waals surface area contributed by atoms with E-state index in [9.17, 15) is 0 Å². The highest BCUT2D eigenvalue weighted by atomic mass is 127. The minimum absolute atomic E-state index is 0. The first-order valence-electron chi connectivity index (χ1n) is 7.97. The largest absolute Gasteiger partial charge is 0.376 e. The molecule has 0 saturated carbocycles. The molecular weight excluding hydrogens is 443 g/mol. The molecule has 0 amide bonds. The molecule has 1 aromatic rings. The van der Waals surface area contributed by atoms with Gasteiger partial charge in [0.25, 0.3) is 0 Å². The standard InChI is InChI=1S/C16H23ClN4O2.HI/c17-13-1-3-14(4-2-13)20-5-7-21(8-6-20)16(18)19-11-15-12-22-9-10-23-15;/h1-4,15H,5-12H2,(H2,18,19);1H. The van der Waals surface area contributed by atoms with Crippen LogP contribution in [-0.4, -0.2) is 69.5 Å². The third-order valence-corrected chi connectivity index (χ3v) is 4.39. The molecule has 3 rings (SSSR count). The SMILES string of the molecule is I.NC(=NCC1COCCO1)N1CCN(c2ccc(Cl)cc2)CC1. The fraction of sp³-hybridized carbons (Fsp3) is 0.562. The van der Waals surface area contributed by atoms with Crippen LogP contribution >= 0.6 is 35.6 Å². The van der Waals surface area contributed by atoms with Crippen molar-refractivity contribution in [1.82, 2.24) is 4.90 Å². The van der Waals surface area contributed by atoms with Gasteiger partial charge in [0, 0.05) is 36.9 Å². The first-order valence-corrected chi connectivity index (χ1v) is 8.35. The number of aliphatic imine (C=N–C) groups is 1. The lowest BCUT2D eigenvalue weighted by Crippen LogP contribution is -2.51. The molecule has 2 N–H and O–H groups in total. The summed E-state index contributed by atoms with van der Waals surface area (Å²) in [6.45, 7) is 6.02. The maximum absolute atomic E-state index is 6.11. The summed E-state index contributed by atoms with van der Waals surface area (Å²) in [5, 5.41) is 0.762. The number of nitrogens with zero attached hydrogens (tertiary/aromatic N) is 3. The van der Waals surface area contributed by atoms with E-state index in [0.29, 0.717) is 32.3 Å². The van der Waals surface area contributed by atoms with Gasteiger partial charge in [0.1, 0.15) is 6.10 Å². The molecule has 8 heteroatoms. The highest BCUT2D eigenvalue weighted by molar-refractivity contribution is 14.0. The Kier molecular flexibility index (Phi) is 7.86. The lowest BCUT2D eigenvalue weighted by atomic mass is 10.2. The lowest BCUT2D eigenvalue weighted by molar-refractivity contribution is -0.0833. The van der Waals surface area contributed by atoms with Crippen molar-refractivity contribution in [2.75, 3.05) is 57.4 Å². The van der Waals surface area contributed by atoms with Gasteiger partial charge < -0.3 is 25.0 Å². The number of benzene rings is 1. The van der Waals surface area contributed by atoms with Gasteiger partial charge in [0.15, 0.2) is 5.96 Å². The van der Waals surface area contributed by atoms with Gasteiger partial charge in [-0.3, -0.25) is 4.99 Å². The quantitative estimate of drug-likeness (QED) is 0.418. The van der Waals surface area contributed by atoms with Crippen LogP contribution in [0.25, 0.3) is 0 Å². The first kappa shape index (κ1) is 19.6. The molecule has 0 radical (unpaired) electrons. The van der Waals surface area contributed by atoms with E-state index in [-0.39, 0.29) is 30.1 Å². The Morgan fingerprint density at radius 1 is 1.17 bits per heavy atom. The summed E-state index contributed by atoms with van der Waals surface area (Å²) in [4.78, 5) is 8.91. The van der Waals surface area contributed by atoms with Crippen LogP contribution in [0.1, 0.15) is 0 Å². The van der Waals surface area contributed by atoms with E-state index in [1.807, 2.05) is 12.1 Å². The van der Waals surface area contributed by atoms with Crippen molar-refractivity contribution < 1.29 is 9.47 Å². The molecule has 1 aromatic carbocycles. The van der Waals surface area contributed by atoms with E-state index in [1.165, 1.54) is 5.69 Å². The van der Waals surface area contributed by atoms with Crippen LogP contribution in [0.4, 0.5) is 5.69 Å². The van der Waals surface area contributed by atoms with Crippen LogP contribution in [0.3, 0.4) is 0 Å². The number of rotatable bonds is 3. The van der Waals surface area contributed by atoms with Crippen LogP contribution < -0.4 is 10.6 Å². The van der Waals surface area contributed by atoms with Gasteiger partial charge in [-0.15, -0.1) is 24.0 Å². The van der Waals surface area contributed by atoms with E-state index in [2.05, 4.69) is 26.9 Å². The second-order valence-corrected chi connectivity index (χ2v) is 6.15. The number of hydrogen-bond donors (Lipinski definition) is 1. The summed E-state index contributed by atoms with van der Waals surface area (Å²) in [7, 11) is 0. The number of halogens is 2. The Bertz CT molecular complexity index is 529. The van der Waals surface area contributed by atoms with Gasteiger partial charge in [-0.1, -0.05) is 11.6 Å². The zero-order valence-corrected chi connectivity index (χ0v) is 16.7. The molecule has 6 nitrogen and oxygen atoms in total. The zero-order chi connectivity index (χ0) is 16.1. The molecule has 2 saturated heterocycles. The normalized spacial score (nSPS) is 22.2. The molecule has 0 aliphatic carbocycles. The van der Waals surface area contributed by atoms with Gasteiger partial charge in [-0.25, -0.2) is 0 Å². The van der Waals surface area contributed by atoms with E-state index < -0.39 is 0 Å². The Balaban J connectivity index is 0.00000208. The lowest BCUT2D eigenvalue weighted by Gasteiger charge is -2.36. The number of nitrogens with two attached hydrogens (primary N) is 1. The van der Waals surface area contributed by atoms with Crippen LogP contribution in [0.5, 0.6) is 0 Å². The van der Waals surface area contributed by atoms with Crippen LogP contribution in [0, 0.1) is 0 Å². The topological polar surface area (TPSA) is 63.3 Å². The Morgan fingerprint density at radius 2 is 1.88 bits per heavy atom. The fourth-order valence-corrected chi connectivity index (χ4v) is 2.91. The minimum atomic E-state index is 0. The number of hydrogen-bond acceptors (Lipinski definition) is 4. The van der Waals surface area contributed by atoms with Crippen molar-refractivity contribution in [3.05, 3.63) is 29.3 Å². The summed E-state index contributed by atoms with van der Waals surface area (Å²) in [5.74, 6) is 0.593. The van der Waals surface area contributed by atoms with Crippen molar-refractivity contribution >= 4 is 47.2 Å². The van der Waals surface area contributed by atoms with Crippen molar-refractivity contribution in [3.8, 4) is 0 Å². The van der Waals surface area contributed by atoms with Gasteiger partial charge in [0.05, 0.1) is 26.4 Å². The van der Waals surface area contributed by atoms with Crippen LogP contribution in [0.2, 0.25) is 5.02 Å². The van der Waals surface area contributed by atoms with Gasteiger partial charge >= 0.3 is 0 Å². The predicted molar refractivity (Wildman–Crippen MR) is 108 cm³/mol. The van der Waals surface area contributed by atoms with E-state index in [4.69, 9.17) is 26.8 Å². The average molecular weight is 467 g/mol. The summed E-state index contributed by atoms with van der Waals surface area (Å²) in [6, 6.07) is 7.95. The molecule has 0 bridgehead atoms. The number of piperazine rings is 1. The summed E-state index contributed by atoms with van der Waals surface area (Å²) >= 11 is 5.94. The molecular formula is C16H24ClIN4O2. The molecule has 2 aliphatic rings. The first-order chi connectivity index (χ1) is 11.2. The van der Waals surface area contributed by atoms with Crippen molar-refractivity contribution in [1.29, 1.82) is 0 Å². The second kappa shape index (κ2) is 9.65. The number of guanidine groups is 1. The monoisotopic (exact) mass is 466 g/mol. The molecule has 24 heavy (non-hydrogen) atoms. The van der Waals surface area contributed by atoms with E-state index >= 15 is 0 Å². The van der Waals surface area contributed by atoms with Gasteiger partial charge in [0.2, 0.25) is 0 Å². The van der Waals surface area contributed by atoms with Crippen molar-refractivity contribution in [2.24, 2.45) is 10.7 Å². The van der Waals surface area contributed by atoms with E-state index in [1.54, 1.807) is 0 Å². The third-order valence-electron chi connectivity index (χ3n) is 4.14. The number of anilines is 1. The highest BCUT2D eigenvalue weighted by Crippen LogP contribution is 2.19. The molecule has 2 heterocycles. The summed E-state index contributed by atoms with van der Waals surface area (Å²) in [5.41, 5.74) is 7.31. The smallest absolute Gasteiger partial charge is 0.191 e. The molecule has 0 spiro atoms. The molecule has 2 fully saturated rings. The maximum Gasteiger partial charge on any atom is 0.191 e. The summed E-state index contributed by atoms with van der Waals surface area (Å²) in [6.07, 6.45) is 0.0256. The van der Waals surface area contributed by atoms with Crippen molar-refractivity contribution in [3.63, 3.8) is 0 Å². The van der Waals surface area contributed by atoms with Crippen molar-refractivity contribution in [2.45, 2.75) is 6.10 Å². The van der Waals surface area contributed by atoms with Gasteiger partial charge in [-0.05, 0) is 24.3 Å². The highest BCUT2D eigenvalue weighted by Gasteiger charge is 2.19. The Labute approximate surface area is 164 Å². The van der Waals surface area contributed by atoms with Crippen LogP contribution in [-0.2, 0) is 9.47 Å². The average Bonchev–Trinajstić information content (AvgIpc) is 2.61. The third kappa shape index (κ3) is 5.37. The molecule has 1 unspecified atom stereocenters. The predicted octanol–water partition coefficient (Wildman–Crippen LogP) is 1.81. The van der Waals surface area contributed by atoms with Gasteiger partial charge in [-0.2, -0.15) is 0 Å². The maximum atomic E-state index is 6.11. The zero-order valence-electron chi connectivity index (χ0n) is 13.6. The summed E-state index contributed by atoms with van der Waals surface area (Å²) < 4.78 is 10.9. The fourth-order valence-electron chi connectivity index (χ4n) is 2.78. The van der Waals surface area contributed by atoms with Crippen LogP contribution in [0.15, 0.2) is 29.3 Å². The molecule has 1 atom stereocenters. The molecule has 134 valence electrons. The number of ether oxygens (including phenoxy) is 2. The Hall–Kier alpha value is -0.770. The minimum Gasteiger partial charge on any atom is -0.376 e. The molecule has 0 aromatic heterocycles. The second-order valence-electron chi connectivity index (χ2n) is 5.72. The molecule has 2 aliphatic heterocycles.